The summed E-state index contributed by atoms with van der Waals surface area (Å²) in [7, 11) is -3.47. The molecule has 0 radical (unpaired) electrons. The normalized spacial score (nSPS) is 19.2. The van der Waals surface area contributed by atoms with Crippen molar-refractivity contribution in [1.29, 1.82) is 0 Å². The molecule has 7 heteroatoms. The van der Waals surface area contributed by atoms with E-state index in [1.165, 1.54) is 17.5 Å². The van der Waals surface area contributed by atoms with Gasteiger partial charge in [0.05, 0.1) is 6.61 Å². The van der Waals surface area contributed by atoms with E-state index in [1.54, 1.807) is 5.38 Å². The van der Waals surface area contributed by atoms with Crippen LogP contribution in [0.15, 0.2) is 11.6 Å². The van der Waals surface area contributed by atoms with Crippen molar-refractivity contribution < 1.29 is 13.5 Å². The predicted octanol–water partition coefficient (Wildman–Crippen LogP) is 0.410. The molecular weight excluding hydrogens is 224 g/mol. The zero-order valence-electron chi connectivity index (χ0n) is 7.30. The van der Waals surface area contributed by atoms with Crippen molar-refractivity contribution in [3.05, 3.63) is 11.6 Å². The van der Waals surface area contributed by atoms with Crippen LogP contribution in [0, 0.1) is 0 Å². The van der Waals surface area contributed by atoms with Gasteiger partial charge in [-0.15, -0.1) is 11.3 Å². The second-order valence-corrected chi connectivity index (χ2v) is 6.26. The Morgan fingerprint density at radius 3 is 2.79 bits per heavy atom. The molecule has 2 N–H and O–H groups in total. The fraction of sp³-hybridized carbons (Fsp3) is 0.571. The first-order valence-electron chi connectivity index (χ1n) is 4.12. The van der Waals surface area contributed by atoms with Crippen LogP contribution in [0.25, 0.3) is 0 Å². The number of rotatable bonds is 4. The summed E-state index contributed by atoms with van der Waals surface area (Å²) in [6, 6.07) is 0. The monoisotopic (exact) mass is 234 g/mol. The minimum atomic E-state index is -3.47. The number of hydrogen-bond donors (Lipinski definition) is 2. The number of thiazole rings is 1. The second-order valence-electron chi connectivity index (χ2n) is 3.28. The van der Waals surface area contributed by atoms with Crippen molar-refractivity contribution in [1.82, 2.24) is 4.98 Å². The van der Waals surface area contributed by atoms with Crippen LogP contribution < -0.4 is 4.72 Å². The SMILES string of the molecule is O=S(=O)(Nc1nccs1)C1(CO)CC1. The van der Waals surface area contributed by atoms with Gasteiger partial charge in [0, 0.05) is 11.6 Å². The number of sulfonamides is 1. The largest absolute Gasteiger partial charge is 0.395 e. The summed E-state index contributed by atoms with van der Waals surface area (Å²) < 4.78 is 24.8. The van der Waals surface area contributed by atoms with Crippen LogP contribution >= 0.6 is 11.3 Å². The topological polar surface area (TPSA) is 79.3 Å². The molecule has 2 rings (SSSR count). The summed E-state index contributed by atoms with van der Waals surface area (Å²) in [4.78, 5) is 3.82. The van der Waals surface area contributed by atoms with Gasteiger partial charge in [0.2, 0.25) is 10.0 Å². The van der Waals surface area contributed by atoms with Crippen LogP contribution in [-0.4, -0.2) is 29.9 Å². The van der Waals surface area contributed by atoms with Crippen LogP contribution in [0.3, 0.4) is 0 Å². The number of anilines is 1. The third-order valence-electron chi connectivity index (χ3n) is 2.32. The van der Waals surface area contributed by atoms with Crippen LogP contribution in [-0.2, 0) is 10.0 Å². The Hall–Kier alpha value is -0.660. The highest BCUT2D eigenvalue weighted by Crippen LogP contribution is 2.43. The highest BCUT2D eigenvalue weighted by atomic mass is 32.2. The Morgan fingerprint density at radius 1 is 1.64 bits per heavy atom. The van der Waals surface area contributed by atoms with Crippen molar-refractivity contribution in [2.75, 3.05) is 11.3 Å². The second kappa shape index (κ2) is 3.18. The first-order chi connectivity index (χ1) is 6.60. The lowest BCUT2D eigenvalue weighted by atomic mass is 10.5. The van der Waals surface area contributed by atoms with E-state index in [1.807, 2.05) is 0 Å². The Labute approximate surface area is 85.9 Å². The van der Waals surface area contributed by atoms with Gasteiger partial charge in [-0.3, -0.25) is 4.72 Å². The maximum atomic E-state index is 11.7. The molecule has 0 amide bonds. The zero-order chi connectivity index (χ0) is 10.2. The maximum Gasteiger partial charge on any atom is 0.242 e. The van der Waals surface area contributed by atoms with Gasteiger partial charge in [-0.2, -0.15) is 0 Å². The van der Waals surface area contributed by atoms with Gasteiger partial charge < -0.3 is 5.11 Å². The molecule has 1 aromatic rings. The fourth-order valence-corrected chi connectivity index (χ4v) is 3.35. The number of nitrogens with one attached hydrogen (secondary N) is 1. The highest BCUT2D eigenvalue weighted by Gasteiger charge is 2.54. The molecule has 0 unspecified atom stereocenters. The summed E-state index contributed by atoms with van der Waals surface area (Å²) in [5, 5.41) is 11.0. The van der Waals surface area contributed by atoms with Crippen LogP contribution in [0.2, 0.25) is 0 Å². The Kier molecular flexibility index (Phi) is 2.24. The standard InChI is InChI=1S/C7H10N2O3S2/c10-5-7(1-2-7)14(11,12)9-6-8-3-4-13-6/h3-4,10H,1-2,5H2,(H,8,9). The van der Waals surface area contributed by atoms with Crippen molar-refractivity contribution in [2.45, 2.75) is 17.6 Å². The van der Waals surface area contributed by atoms with Gasteiger partial charge in [0.15, 0.2) is 5.13 Å². The van der Waals surface area contributed by atoms with E-state index in [0.717, 1.165) is 0 Å². The summed E-state index contributed by atoms with van der Waals surface area (Å²) in [6.45, 7) is -0.326. The molecule has 14 heavy (non-hydrogen) atoms. The number of hydrogen-bond acceptors (Lipinski definition) is 5. The molecule has 0 aliphatic heterocycles. The van der Waals surface area contributed by atoms with E-state index >= 15 is 0 Å². The quantitative estimate of drug-likeness (QED) is 0.790. The molecule has 5 nitrogen and oxygen atoms in total. The van der Waals surface area contributed by atoms with Crippen molar-refractivity contribution >= 4 is 26.5 Å². The van der Waals surface area contributed by atoms with Crippen LogP contribution in [0.4, 0.5) is 5.13 Å². The van der Waals surface area contributed by atoms with E-state index in [0.29, 0.717) is 18.0 Å². The number of aliphatic hydroxyl groups excluding tert-OH is 1. The minimum Gasteiger partial charge on any atom is -0.395 e. The zero-order valence-corrected chi connectivity index (χ0v) is 8.94. The smallest absolute Gasteiger partial charge is 0.242 e. The lowest BCUT2D eigenvalue weighted by molar-refractivity contribution is 0.284. The lowest BCUT2D eigenvalue weighted by Crippen LogP contribution is -2.32. The summed E-state index contributed by atoms with van der Waals surface area (Å²) in [5.41, 5.74) is 0. The summed E-state index contributed by atoms with van der Waals surface area (Å²) in [6.07, 6.45) is 2.56. The van der Waals surface area contributed by atoms with Gasteiger partial charge in [-0.25, -0.2) is 13.4 Å². The molecule has 1 aliphatic rings. The molecule has 1 aliphatic carbocycles. The molecule has 0 spiro atoms. The maximum absolute atomic E-state index is 11.7. The fourth-order valence-electron chi connectivity index (χ4n) is 1.15. The first kappa shape index (κ1) is 9.88. The molecule has 1 aromatic heterocycles. The van der Waals surface area contributed by atoms with Gasteiger partial charge >= 0.3 is 0 Å². The van der Waals surface area contributed by atoms with Crippen LogP contribution in [0.1, 0.15) is 12.8 Å². The summed E-state index contributed by atoms with van der Waals surface area (Å²) >= 11 is 1.22. The van der Waals surface area contributed by atoms with Crippen LogP contribution in [0.5, 0.6) is 0 Å². The van der Waals surface area contributed by atoms with Gasteiger partial charge in [-0.05, 0) is 12.8 Å². The van der Waals surface area contributed by atoms with Crippen molar-refractivity contribution in [3.63, 3.8) is 0 Å². The number of aliphatic hydroxyl groups is 1. The average molecular weight is 234 g/mol. The van der Waals surface area contributed by atoms with E-state index in [-0.39, 0.29) is 6.61 Å². The van der Waals surface area contributed by atoms with Gasteiger partial charge in [-0.1, -0.05) is 0 Å². The Morgan fingerprint density at radius 2 is 2.36 bits per heavy atom. The lowest BCUT2D eigenvalue weighted by Gasteiger charge is -2.12. The average Bonchev–Trinajstić information content (AvgIpc) is 2.81. The molecule has 0 atom stereocenters. The molecule has 0 bridgehead atoms. The molecule has 78 valence electrons. The van der Waals surface area contributed by atoms with E-state index in [9.17, 15) is 8.42 Å². The van der Waals surface area contributed by atoms with Gasteiger partial charge in [0.25, 0.3) is 0 Å². The minimum absolute atomic E-state index is 0.326. The highest BCUT2D eigenvalue weighted by molar-refractivity contribution is 7.94. The molecule has 0 saturated heterocycles. The molecule has 1 saturated carbocycles. The van der Waals surface area contributed by atoms with E-state index in [4.69, 9.17) is 5.11 Å². The molecule has 1 fully saturated rings. The number of aromatic nitrogens is 1. The van der Waals surface area contributed by atoms with Crippen molar-refractivity contribution in [2.24, 2.45) is 0 Å². The third kappa shape index (κ3) is 1.51. The van der Waals surface area contributed by atoms with Gasteiger partial charge in [0.1, 0.15) is 4.75 Å². The van der Waals surface area contributed by atoms with E-state index < -0.39 is 14.8 Å². The first-order valence-corrected chi connectivity index (χ1v) is 6.49. The predicted molar refractivity (Wildman–Crippen MR) is 53.7 cm³/mol. The number of nitrogens with zero attached hydrogens (tertiary/aromatic N) is 1. The Balaban J connectivity index is 2.18. The molecule has 1 heterocycles. The Bertz CT molecular complexity index is 408. The van der Waals surface area contributed by atoms with Crippen molar-refractivity contribution in [3.8, 4) is 0 Å². The van der Waals surface area contributed by atoms with E-state index in [2.05, 4.69) is 9.71 Å². The summed E-state index contributed by atoms with van der Waals surface area (Å²) in [5.74, 6) is 0. The molecule has 0 aromatic carbocycles. The molecular formula is C7H10N2O3S2. The third-order valence-corrected chi connectivity index (χ3v) is 5.28.